The van der Waals surface area contributed by atoms with E-state index in [0.29, 0.717) is 18.4 Å². The zero-order valence-corrected chi connectivity index (χ0v) is 14.4. The second-order valence-electron chi connectivity index (χ2n) is 6.87. The molecule has 122 valence electrons. The highest BCUT2D eigenvalue weighted by atomic mass is 28.3. The van der Waals surface area contributed by atoms with Crippen LogP contribution in [0.4, 0.5) is 13.2 Å². The van der Waals surface area contributed by atoms with Gasteiger partial charge < -0.3 is 4.43 Å². The monoisotopic (exact) mass is 330 g/mol. The van der Waals surface area contributed by atoms with E-state index in [1.54, 1.807) is 6.07 Å². The highest BCUT2D eigenvalue weighted by Crippen LogP contribution is 2.40. The Labute approximate surface area is 130 Å². The van der Waals surface area contributed by atoms with Gasteiger partial charge in [-0.15, -0.1) is 0 Å². The number of hydrogen-bond acceptors (Lipinski definition) is 2. The molecule has 1 aromatic rings. The molecular weight excluding hydrogens is 309 g/mol. The van der Waals surface area contributed by atoms with Crippen LogP contribution in [-0.4, -0.2) is 21.0 Å². The molecule has 1 unspecified atom stereocenters. The smallest absolute Gasteiger partial charge is 0.413 e. The topological polar surface area (TPSA) is 26.3 Å². The minimum Gasteiger partial charge on any atom is -0.413 e. The molecule has 0 radical (unpaired) electrons. The molecule has 0 fully saturated rings. The fourth-order valence-electron chi connectivity index (χ4n) is 2.57. The Balaban J connectivity index is 2.29. The van der Waals surface area contributed by atoms with E-state index in [0.717, 1.165) is 5.56 Å². The number of benzene rings is 1. The fraction of sp³-hybridized carbons (Fsp3) is 0.562. The quantitative estimate of drug-likeness (QED) is 0.598. The number of carbonyl (C=O) groups excluding carboxylic acids is 1. The second-order valence-corrected chi connectivity index (χ2v) is 10.2. The average molecular weight is 330 g/mol. The molecule has 0 saturated carbocycles. The van der Waals surface area contributed by atoms with Gasteiger partial charge in [0.05, 0.1) is 6.10 Å². The summed E-state index contributed by atoms with van der Waals surface area (Å²) in [4.78, 5) is 11.6. The van der Waals surface area contributed by atoms with E-state index in [9.17, 15) is 18.0 Å². The molecule has 0 spiro atoms. The molecule has 0 heterocycles. The van der Waals surface area contributed by atoms with Crippen LogP contribution in [0.1, 0.15) is 54.8 Å². The number of carbonyl (C=O) groups is 1. The standard InChI is InChI=1S/C16H21F3O2Si/c1-15(2,3)22(4)21-13-9-8-10-11(13)6-5-7-12(10)14(20)16(17,18)19/h5-7,13,22H,8-9H2,1-4H3/t13-,22?/m0/s1. The maximum Gasteiger partial charge on any atom is 0.454 e. The number of rotatable bonds is 3. The van der Waals surface area contributed by atoms with E-state index in [4.69, 9.17) is 4.43 Å². The van der Waals surface area contributed by atoms with Crippen molar-refractivity contribution in [2.45, 2.75) is 57.5 Å². The molecule has 2 rings (SSSR count). The zero-order chi connectivity index (χ0) is 16.7. The summed E-state index contributed by atoms with van der Waals surface area (Å²) in [5.74, 6) is -1.76. The lowest BCUT2D eigenvalue weighted by molar-refractivity contribution is -0.0885. The Kier molecular flexibility index (Phi) is 4.55. The van der Waals surface area contributed by atoms with Crippen molar-refractivity contribution in [1.82, 2.24) is 0 Å². The van der Waals surface area contributed by atoms with Gasteiger partial charge in [-0.25, -0.2) is 0 Å². The van der Waals surface area contributed by atoms with E-state index in [-0.39, 0.29) is 16.7 Å². The van der Waals surface area contributed by atoms with Crippen LogP contribution in [0.2, 0.25) is 11.6 Å². The summed E-state index contributed by atoms with van der Waals surface area (Å²) in [6, 6.07) is 4.56. The van der Waals surface area contributed by atoms with Crippen LogP contribution in [0.3, 0.4) is 0 Å². The Morgan fingerprint density at radius 2 is 1.91 bits per heavy atom. The highest BCUT2D eigenvalue weighted by Gasteiger charge is 2.42. The predicted octanol–water partition coefficient (Wildman–Crippen LogP) is 4.59. The lowest BCUT2D eigenvalue weighted by atomic mass is 9.99. The molecule has 0 N–H and O–H groups in total. The highest BCUT2D eigenvalue weighted by molar-refractivity contribution is 6.53. The van der Waals surface area contributed by atoms with Gasteiger partial charge in [0.1, 0.15) is 0 Å². The van der Waals surface area contributed by atoms with E-state index >= 15 is 0 Å². The van der Waals surface area contributed by atoms with Gasteiger partial charge in [-0.3, -0.25) is 4.79 Å². The number of fused-ring (bicyclic) bond motifs is 1. The van der Waals surface area contributed by atoms with Gasteiger partial charge >= 0.3 is 6.18 Å². The van der Waals surface area contributed by atoms with Crippen molar-refractivity contribution in [1.29, 1.82) is 0 Å². The molecule has 1 aliphatic rings. The van der Waals surface area contributed by atoms with Crippen molar-refractivity contribution < 1.29 is 22.4 Å². The number of ketones is 1. The second kappa shape index (κ2) is 5.81. The molecule has 1 aliphatic carbocycles. The number of Topliss-reactive ketones (excluding diaryl/α,β-unsaturated/α-hetero) is 1. The third kappa shape index (κ3) is 3.43. The van der Waals surface area contributed by atoms with E-state index in [2.05, 4.69) is 27.3 Å². The lowest BCUT2D eigenvalue weighted by Crippen LogP contribution is -2.27. The Bertz CT molecular complexity index is 576. The summed E-state index contributed by atoms with van der Waals surface area (Å²) in [7, 11) is -1.48. The van der Waals surface area contributed by atoms with Crippen molar-refractivity contribution in [3.05, 3.63) is 34.9 Å². The first-order chi connectivity index (χ1) is 10.0. The fourth-order valence-corrected chi connectivity index (χ4v) is 3.76. The summed E-state index contributed by atoms with van der Waals surface area (Å²) in [6.45, 7) is 8.44. The summed E-state index contributed by atoms with van der Waals surface area (Å²) >= 11 is 0. The molecule has 22 heavy (non-hydrogen) atoms. The zero-order valence-electron chi connectivity index (χ0n) is 13.3. The van der Waals surface area contributed by atoms with Crippen LogP contribution >= 0.6 is 0 Å². The first kappa shape index (κ1) is 17.2. The maximum atomic E-state index is 12.7. The SMILES string of the molecule is C[SiH](O[C@H]1CCc2c(C(=O)C(F)(F)F)cccc21)C(C)(C)C. The molecule has 0 aliphatic heterocycles. The molecule has 0 bridgehead atoms. The van der Waals surface area contributed by atoms with Crippen LogP contribution in [0.25, 0.3) is 0 Å². The third-order valence-corrected chi connectivity index (χ3v) is 7.48. The predicted molar refractivity (Wildman–Crippen MR) is 81.7 cm³/mol. The van der Waals surface area contributed by atoms with Crippen LogP contribution < -0.4 is 0 Å². The summed E-state index contributed by atoms with van der Waals surface area (Å²) in [6.07, 6.45) is -3.91. The first-order valence-electron chi connectivity index (χ1n) is 7.40. The third-order valence-electron chi connectivity index (χ3n) is 4.31. The van der Waals surface area contributed by atoms with Crippen LogP contribution in [0.15, 0.2) is 18.2 Å². The molecule has 0 aromatic heterocycles. The first-order valence-corrected chi connectivity index (χ1v) is 9.61. The van der Waals surface area contributed by atoms with Gasteiger partial charge in [-0.2, -0.15) is 13.2 Å². The summed E-state index contributed by atoms with van der Waals surface area (Å²) < 4.78 is 44.2. The lowest BCUT2D eigenvalue weighted by Gasteiger charge is -2.29. The molecule has 1 aromatic carbocycles. The van der Waals surface area contributed by atoms with Crippen LogP contribution in [0.5, 0.6) is 0 Å². The van der Waals surface area contributed by atoms with Crippen molar-refractivity contribution in [2.24, 2.45) is 0 Å². The van der Waals surface area contributed by atoms with Gasteiger partial charge in [0, 0.05) is 5.56 Å². The molecular formula is C16H21F3O2Si. The average Bonchev–Trinajstić information content (AvgIpc) is 2.79. The van der Waals surface area contributed by atoms with Crippen LogP contribution in [-0.2, 0) is 10.8 Å². The van der Waals surface area contributed by atoms with Gasteiger partial charge in [-0.05, 0) is 35.6 Å². The van der Waals surface area contributed by atoms with Crippen molar-refractivity contribution in [3.63, 3.8) is 0 Å². The van der Waals surface area contributed by atoms with Crippen molar-refractivity contribution in [3.8, 4) is 0 Å². The van der Waals surface area contributed by atoms with Crippen molar-refractivity contribution >= 4 is 14.8 Å². The molecule has 2 atom stereocenters. The van der Waals surface area contributed by atoms with Gasteiger partial charge in [-0.1, -0.05) is 39.0 Å². The molecule has 0 saturated heterocycles. The van der Waals surface area contributed by atoms with Gasteiger partial charge in [0.2, 0.25) is 0 Å². The molecule has 6 heteroatoms. The molecule has 2 nitrogen and oxygen atoms in total. The Morgan fingerprint density at radius 1 is 1.27 bits per heavy atom. The minimum absolute atomic E-state index is 0.0855. The largest absolute Gasteiger partial charge is 0.454 e. The Hall–Kier alpha value is -1.14. The maximum absolute atomic E-state index is 12.7. The van der Waals surface area contributed by atoms with Crippen molar-refractivity contribution in [2.75, 3.05) is 0 Å². The molecule has 0 amide bonds. The summed E-state index contributed by atoms with van der Waals surface area (Å²) in [5, 5.41) is 0.0855. The van der Waals surface area contributed by atoms with E-state index < -0.39 is 21.0 Å². The summed E-state index contributed by atoms with van der Waals surface area (Å²) in [5.41, 5.74) is 1.03. The Morgan fingerprint density at radius 3 is 2.45 bits per heavy atom. The minimum atomic E-state index is -4.83. The number of halogens is 3. The van der Waals surface area contributed by atoms with E-state index in [1.807, 2.05) is 0 Å². The number of alkyl halides is 3. The van der Waals surface area contributed by atoms with E-state index in [1.165, 1.54) is 12.1 Å². The van der Waals surface area contributed by atoms with Crippen LogP contribution in [0, 0.1) is 0 Å². The number of hydrogen-bond donors (Lipinski definition) is 0. The van der Waals surface area contributed by atoms with Gasteiger partial charge in [0.15, 0.2) is 9.04 Å². The normalized spacial score (nSPS) is 19.9. The van der Waals surface area contributed by atoms with Gasteiger partial charge in [0.25, 0.3) is 5.78 Å².